The standard InChI is InChI=1S/C8H15NO5/c1-4-12-8(11)14-6(3)13-7(10)5(2)9/h5-6H,4,9H2,1-3H3. The first-order chi connectivity index (χ1) is 6.47. The Kier molecular flexibility index (Phi) is 5.62. The number of nitrogens with two attached hydrogens (primary N) is 1. The van der Waals surface area contributed by atoms with Gasteiger partial charge in [-0.2, -0.15) is 0 Å². The molecule has 0 fully saturated rings. The smallest absolute Gasteiger partial charge is 0.435 e. The van der Waals surface area contributed by atoms with Crippen molar-refractivity contribution in [3.8, 4) is 0 Å². The van der Waals surface area contributed by atoms with Crippen LogP contribution in [0.5, 0.6) is 0 Å². The van der Waals surface area contributed by atoms with Gasteiger partial charge in [-0.25, -0.2) is 4.79 Å². The van der Waals surface area contributed by atoms with E-state index in [2.05, 4.69) is 14.2 Å². The summed E-state index contributed by atoms with van der Waals surface area (Å²) in [7, 11) is 0. The highest BCUT2D eigenvalue weighted by Crippen LogP contribution is 1.98. The fourth-order valence-corrected chi connectivity index (χ4v) is 0.582. The second kappa shape index (κ2) is 6.20. The lowest BCUT2D eigenvalue weighted by Crippen LogP contribution is -2.33. The number of carbonyl (C=O) groups excluding carboxylic acids is 2. The normalized spacial score (nSPS) is 14.0. The van der Waals surface area contributed by atoms with Crippen LogP contribution >= 0.6 is 0 Å². The van der Waals surface area contributed by atoms with Crippen LogP contribution in [-0.2, 0) is 19.0 Å². The summed E-state index contributed by atoms with van der Waals surface area (Å²) in [6.07, 6.45) is -1.87. The van der Waals surface area contributed by atoms with Crippen LogP contribution in [0, 0.1) is 0 Å². The summed E-state index contributed by atoms with van der Waals surface area (Å²) in [5.41, 5.74) is 5.23. The van der Waals surface area contributed by atoms with Crippen LogP contribution in [0.3, 0.4) is 0 Å². The first-order valence-electron chi connectivity index (χ1n) is 4.26. The van der Waals surface area contributed by atoms with Crippen LogP contribution in [-0.4, -0.2) is 31.1 Å². The van der Waals surface area contributed by atoms with Gasteiger partial charge in [0.2, 0.25) is 6.29 Å². The molecule has 6 heteroatoms. The Hall–Kier alpha value is -1.30. The largest absolute Gasteiger partial charge is 0.511 e. The second-order valence-corrected chi connectivity index (χ2v) is 2.59. The van der Waals surface area contributed by atoms with E-state index in [0.29, 0.717) is 0 Å². The molecule has 2 N–H and O–H groups in total. The van der Waals surface area contributed by atoms with Crippen molar-refractivity contribution in [2.45, 2.75) is 33.1 Å². The number of esters is 1. The maximum Gasteiger partial charge on any atom is 0.511 e. The molecule has 0 rings (SSSR count). The van der Waals surface area contributed by atoms with E-state index in [4.69, 9.17) is 5.73 Å². The zero-order chi connectivity index (χ0) is 11.1. The number of rotatable bonds is 4. The lowest BCUT2D eigenvalue weighted by Gasteiger charge is -2.14. The molecule has 0 saturated heterocycles. The fraction of sp³-hybridized carbons (Fsp3) is 0.750. The number of ether oxygens (including phenoxy) is 3. The second-order valence-electron chi connectivity index (χ2n) is 2.59. The Morgan fingerprint density at radius 1 is 1.29 bits per heavy atom. The molecule has 0 spiro atoms. The van der Waals surface area contributed by atoms with Crippen molar-refractivity contribution in [2.24, 2.45) is 5.73 Å². The molecule has 2 unspecified atom stereocenters. The van der Waals surface area contributed by atoms with Crippen molar-refractivity contribution < 1.29 is 23.8 Å². The summed E-state index contributed by atoms with van der Waals surface area (Å²) in [6, 6.07) is -0.747. The maximum absolute atomic E-state index is 10.9. The third-order valence-corrected chi connectivity index (χ3v) is 1.18. The van der Waals surface area contributed by atoms with Crippen molar-refractivity contribution >= 4 is 12.1 Å². The lowest BCUT2D eigenvalue weighted by atomic mass is 10.4. The number of carbonyl (C=O) groups is 2. The monoisotopic (exact) mass is 205 g/mol. The van der Waals surface area contributed by atoms with Gasteiger partial charge in [-0.1, -0.05) is 0 Å². The van der Waals surface area contributed by atoms with Gasteiger partial charge in [0, 0.05) is 6.92 Å². The lowest BCUT2D eigenvalue weighted by molar-refractivity contribution is -0.168. The van der Waals surface area contributed by atoms with Crippen molar-refractivity contribution in [1.82, 2.24) is 0 Å². The molecule has 0 aliphatic heterocycles. The van der Waals surface area contributed by atoms with Crippen LogP contribution in [0.2, 0.25) is 0 Å². The molecular formula is C8H15NO5. The van der Waals surface area contributed by atoms with Gasteiger partial charge in [0.25, 0.3) is 0 Å². The summed E-state index contributed by atoms with van der Waals surface area (Å²) in [5.74, 6) is -0.637. The molecular weight excluding hydrogens is 190 g/mol. The van der Waals surface area contributed by atoms with Crippen LogP contribution < -0.4 is 5.73 Å². The Morgan fingerprint density at radius 3 is 2.29 bits per heavy atom. The minimum atomic E-state index is -0.993. The molecule has 0 heterocycles. The maximum atomic E-state index is 10.9. The fourth-order valence-electron chi connectivity index (χ4n) is 0.582. The first kappa shape index (κ1) is 12.7. The minimum absolute atomic E-state index is 0.201. The van der Waals surface area contributed by atoms with Gasteiger partial charge in [-0.3, -0.25) is 4.79 Å². The molecule has 0 amide bonds. The molecule has 0 aliphatic carbocycles. The third kappa shape index (κ3) is 5.36. The molecule has 0 aromatic rings. The van der Waals surface area contributed by atoms with E-state index in [0.717, 1.165) is 0 Å². The summed E-state index contributed by atoms with van der Waals surface area (Å²) < 4.78 is 13.7. The van der Waals surface area contributed by atoms with E-state index < -0.39 is 24.5 Å². The van der Waals surface area contributed by atoms with Crippen LogP contribution in [0.25, 0.3) is 0 Å². The van der Waals surface area contributed by atoms with Crippen molar-refractivity contribution in [2.75, 3.05) is 6.61 Å². The van der Waals surface area contributed by atoms with Crippen LogP contribution in [0.15, 0.2) is 0 Å². The Bertz CT molecular complexity index is 204. The number of hydrogen-bond donors (Lipinski definition) is 1. The Morgan fingerprint density at radius 2 is 1.86 bits per heavy atom. The molecule has 14 heavy (non-hydrogen) atoms. The topological polar surface area (TPSA) is 87.9 Å². The summed E-state index contributed by atoms with van der Waals surface area (Å²) in [6.45, 7) is 4.71. The van der Waals surface area contributed by atoms with Gasteiger partial charge < -0.3 is 19.9 Å². The molecule has 0 aliphatic rings. The van der Waals surface area contributed by atoms with Gasteiger partial charge in [0.15, 0.2) is 0 Å². The molecule has 0 bridgehead atoms. The quantitative estimate of drug-likeness (QED) is 0.527. The van der Waals surface area contributed by atoms with E-state index in [-0.39, 0.29) is 6.61 Å². The predicted molar refractivity (Wildman–Crippen MR) is 47.3 cm³/mol. The van der Waals surface area contributed by atoms with E-state index in [1.54, 1.807) is 6.92 Å². The highest BCUT2D eigenvalue weighted by atomic mass is 16.8. The van der Waals surface area contributed by atoms with Crippen LogP contribution in [0.4, 0.5) is 4.79 Å². The predicted octanol–water partition coefficient (Wildman–Crippen LogP) is 0.396. The third-order valence-electron chi connectivity index (χ3n) is 1.18. The van der Waals surface area contributed by atoms with E-state index >= 15 is 0 Å². The molecule has 0 saturated carbocycles. The van der Waals surface area contributed by atoms with Crippen molar-refractivity contribution in [3.63, 3.8) is 0 Å². The average molecular weight is 205 g/mol. The molecule has 82 valence electrons. The highest BCUT2D eigenvalue weighted by molar-refractivity contribution is 5.75. The van der Waals surface area contributed by atoms with E-state index in [9.17, 15) is 9.59 Å². The van der Waals surface area contributed by atoms with Crippen LogP contribution in [0.1, 0.15) is 20.8 Å². The molecule has 6 nitrogen and oxygen atoms in total. The zero-order valence-electron chi connectivity index (χ0n) is 8.48. The minimum Gasteiger partial charge on any atom is -0.435 e. The molecule has 2 atom stereocenters. The summed E-state index contributed by atoms with van der Waals surface area (Å²) in [5, 5.41) is 0. The number of hydrogen-bond acceptors (Lipinski definition) is 6. The molecule has 0 radical (unpaired) electrons. The van der Waals surface area contributed by atoms with E-state index in [1.165, 1.54) is 13.8 Å². The van der Waals surface area contributed by atoms with Crippen molar-refractivity contribution in [1.29, 1.82) is 0 Å². The average Bonchev–Trinajstić information content (AvgIpc) is 2.03. The van der Waals surface area contributed by atoms with Gasteiger partial charge in [0.05, 0.1) is 6.61 Å². The van der Waals surface area contributed by atoms with Gasteiger partial charge in [0.1, 0.15) is 6.04 Å². The first-order valence-corrected chi connectivity index (χ1v) is 4.26. The SMILES string of the molecule is CCOC(=O)OC(C)OC(=O)C(C)N. The summed E-state index contributed by atoms with van der Waals surface area (Å²) in [4.78, 5) is 21.7. The van der Waals surface area contributed by atoms with E-state index in [1.807, 2.05) is 0 Å². The van der Waals surface area contributed by atoms with Crippen molar-refractivity contribution in [3.05, 3.63) is 0 Å². The molecule has 0 aromatic carbocycles. The summed E-state index contributed by atoms with van der Waals surface area (Å²) >= 11 is 0. The molecule has 0 aromatic heterocycles. The zero-order valence-corrected chi connectivity index (χ0v) is 8.48. The van der Waals surface area contributed by atoms with Gasteiger partial charge in [-0.15, -0.1) is 0 Å². The Balaban J connectivity index is 3.80. The highest BCUT2D eigenvalue weighted by Gasteiger charge is 2.16. The van der Waals surface area contributed by atoms with Gasteiger partial charge >= 0.3 is 12.1 Å². The van der Waals surface area contributed by atoms with Gasteiger partial charge in [-0.05, 0) is 13.8 Å². The Labute approximate surface area is 82.3 Å².